The minimum atomic E-state index is -0.880. The van der Waals surface area contributed by atoms with Crippen LogP contribution in [0.3, 0.4) is 0 Å². The summed E-state index contributed by atoms with van der Waals surface area (Å²) >= 11 is 0. The first-order chi connectivity index (χ1) is 13.0. The molecule has 0 radical (unpaired) electrons. The van der Waals surface area contributed by atoms with E-state index in [9.17, 15) is 13.6 Å². The Bertz CT molecular complexity index is 1010. The van der Waals surface area contributed by atoms with Crippen molar-refractivity contribution >= 4 is 41.8 Å². The van der Waals surface area contributed by atoms with Crippen molar-refractivity contribution in [2.24, 2.45) is 0 Å². The first-order valence-electron chi connectivity index (χ1n) is 8.85. The monoisotopic (exact) mass is 443 g/mol. The number of hydrogen-bond acceptors (Lipinski definition) is 4. The molecule has 3 heterocycles. The van der Waals surface area contributed by atoms with Crippen LogP contribution in [0.5, 0.6) is 0 Å². The van der Waals surface area contributed by atoms with Crippen LogP contribution in [0, 0.1) is 18.6 Å². The van der Waals surface area contributed by atoms with Crippen molar-refractivity contribution in [2.45, 2.75) is 25.3 Å². The molecule has 2 N–H and O–H groups in total. The normalized spacial score (nSPS) is 18.6. The van der Waals surface area contributed by atoms with Gasteiger partial charge in [0.05, 0.1) is 0 Å². The van der Waals surface area contributed by atoms with Crippen molar-refractivity contribution in [3.63, 3.8) is 0 Å². The Morgan fingerprint density at radius 3 is 2.72 bits per heavy atom. The molecule has 0 aliphatic carbocycles. The number of pyridine rings is 1. The molecule has 156 valence electrons. The van der Waals surface area contributed by atoms with Crippen molar-refractivity contribution < 1.29 is 18.0 Å². The highest BCUT2D eigenvalue weighted by molar-refractivity contribution is 5.95. The van der Waals surface area contributed by atoms with E-state index in [4.69, 9.17) is 4.42 Å². The van der Waals surface area contributed by atoms with Crippen molar-refractivity contribution in [1.29, 1.82) is 0 Å². The van der Waals surface area contributed by atoms with Gasteiger partial charge in [0.1, 0.15) is 5.52 Å². The summed E-state index contributed by atoms with van der Waals surface area (Å²) < 4.78 is 32.5. The number of furan rings is 1. The molecular weight excluding hydrogens is 423 g/mol. The number of fused-ring (bicyclic) bond motifs is 1. The second kappa shape index (κ2) is 9.52. The number of piperidine rings is 1. The number of nitrogens with zero attached hydrogens (tertiary/aromatic N) is 1. The third-order valence-corrected chi connectivity index (χ3v) is 4.91. The summed E-state index contributed by atoms with van der Waals surface area (Å²) in [5.41, 5.74) is 2.68. The number of benzene rings is 1. The van der Waals surface area contributed by atoms with Gasteiger partial charge >= 0.3 is 0 Å². The number of aryl methyl sites for hydroxylation is 1. The lowest BCUT2D eigenvalue weighted by molar-refractivity contribution is 0.0898. The predicted molar refractivity (Wildman–Crippen MR) is 111 cm³/mol. The molecule has 1 aromatic carbocycles. The maximum atomic E-state index is 13.6. The molecule has 1 aliphatic heterocycles. The van der Waals surface area contributed by atoms with E-state index in [1.807, 2.05) is 13.0 Å². The number of rotatable bonds is 3. The van der Waals surface area contributed by atoms with Gasteiger partial charge in [-0.2, -0.15) is 0 Å². The van der Waals surface area contributed by atoms with Gasteiger partial charge in [-0.15, -0.1) is 24.8 Å². The summed E-state index contributed by atoms with van der Waals surface area (Å²) in [7, 11) is 0. The Morgan fingerprint density at radius 2 is 1.97 bits per heavy atom. The zero-order valence-corrected chi connectivity index (χ0v) is 17.2. The van der Waals surface area contributed by atoms with Crippen LogP contribution in [0.25, 0.3) is 11.1 Å². The van der Waals surface area contributed by atoms with Gasteiger partial charge in [0.15, 0.2) is 23.0 Å². The lowest BCUT2D eigenvalue weighted by Gasteiger charge is -2.33. The molecule has 0 bridgehead atoms. The number of carbonyl (C=O) groups is 1. The van der Waals surface area contributed by atoms with E-state index in [1.54, 1.807) is 18.2 Å². The molecule has 2 aromatic heterocycles. The summed E-state index contributed by atoms with van der Waals surface area (Å²) in [5.74, 6) is -2.05. The van der Waals surface area contributed by atoms with Crippen LogP contribution in [-0.2, 0) is 0 Å². The average molecular weight is 444 g/mol. The highest BCUT2D eigenvalue weighted by atomic mass is 35.5. The molecule has 3 aromatic rings. The lowest BCUT2D eigenvalue weighted by Crippen LogP contribution is -2.50. The molecule has 1 aliphatic rings. The summed E-state index contributed by atoms with van der Waals surface area (Å²) in [6.07, 6.45) is 0.705. The summed E-state index contributed by atoms with van der Waals surface area (Å²) in [4.78, 5) is 17.0. The SMILES string of the molecule is Cc1ccc2oc(C(=O)NC3CNCCC3c3ccc(F)c(F)c3)cc2n1.Cl.Cl. The van der Waals surface area contributed by atoms with Crippen LogP contribution in [0.1, 0.15) is 34.2 Å². The van der Waals surface area contributed by atoms with Crippen molar-refractivity contribution in [3.05, 3.63) is 65.1 Å². The third-order valence-electron chi connectivity index (χ3n) is 4.91. The molecular formula is C20H21Cl2F2N3O2. The van der Waals surface area contributed by atoms with Crippen LogP contribution >= 0.6 is 24.8 Å². The van der Waals surface area contributed by atoms with Crippen molar-refractivity contribution in [1.82, 2.24) is 15.6 Å². The molecule has 2 atom stereocenters. The maximum Gasteiger partial charge on any atom is 0.287 e. The van der Waals surface area contributed by atoms with Gasteiger partial charge in [0, 0.05) is 30.3 Å². The van der Waals surface area contributed by atoms with E-state index in [0.29, 0.717) is 29.6 Å². The zero-order valence-electron chi connectivity index (χ0n) is 15.6. The summed E-state index contributed by atoms with van der Waals surface area (Å²) in [6.45, 7) is 3.14. The number of halogens is 4. The summed E-state index contributed by atoms with van der Waals surface area (Å²) in [6, 6.07) is 8.84. The molecule has 5 nitrogen and oxygen atoms in total. The van der Waals surface area contributed by atoms with Gasteiger partial charge in [0.2, 0.25) is 0 Å². The van der Waals surface area contributed by atoms with Crippen molar-refractivity contribution in [2.75, 3.05) is 13.1 Å². The molecule has 1 fully saturated rings. The Hall–Kier alpha value is -2.22. The van der Waals surface area contributed by atoms with Gasteiger partial charge in [-0.1, -0.05) is 6.07 Å². The van der Waals surface area contributed by atoms with E-state index >= 15 is 0 Å². The van der Waals surface area contributed by atoms with Crippen LogP contribution in [0.2, 0.25) is 0 Å². The Kier molecular flexibility index (Phi) is 7.57. The van der Waals surface area contributed by atoms with E-state index < -0.39 is 11.6 Å². The Morgan fingerprint density at radius 1 is 1.17 bits per heavy atom. The minimum absolute atomic E-state index is 0. The molecule has 4 rings (SSSR count). The average Bonchev–Trinajstić information content (AvgIpc) is 3.08. The predicted octanol–water partition coefficient (Wildman–Crippen LogP) is 4.13. The largest absolute Gasteiger partial charge is 0.449 e. The molecule has 9 heteroatoms. The quantitative estimate of drug-likeness (QED) is 0.638. The van der Waals surface area contributed by atoms with Crippen LogP contribution in [-0.4, -0.2) is 30.0 Å². The smallest absolute Gasteiger partial charge is 0.287 e. The van der Waals surface area contributed by atoms with Crippen molar-refractivity contribution in [3.8, 4) is 0 Å². The Labute approximate surface area is 179 Å². The van der Waals surface area contributed by atoms with Gasteiger partial charge < -0.3 is 15.1 Å². The second-order valence-corrected chi connectivity index (χ2v) is 6.80. The van der Waals surface area contributed by atoms with Crippen LogP contribution in [0.4, 0.5) is 8.78 Å². The van der Waals surface area contributed by atoms with E-state index in [1.165, 1.54) is 6.07 Å². The first kappa shape index (κ1) is 23.1. The molecule has 2 unspecified atom stereocenters. The van der Waals surface area contributed by atoms with Crippen LogP contribution < -0.4 is 10.6 Å². The van der Waals surface area contributed by atoms with E-state index in [2.05, 4.69) is 15.6 Å². The third kappa shape index (κ3) is 4.86. The summed E-state index contributed by atoms with van der Waals surface area (Å²) in [5, 5.41) is 6.18. The molecule has 0 spiro atoms. The van der Waals surface area contributed by atoms with Gasteiger partial charge in [-0.3, -0.25) is 4.79 Å². The van der Waals surface area contributed by atoms with E-state index in [0.717, 1.165) is 18.3 Å². The van der Waals surface area contributed by atoms with Crippen LogP contribution in [0.15, 0.2) is 40.8 Å². The van der Waals surface area contributed by atoms with E-state index in [-0.39, 0.29) is 48.4 Å². The number of carbonyl (C=O) groups excluding carboxylic acids is 1. The molecule has 0 saturated carbocycles. The number of aromatic nitrogens is 1. The van der Waals surface area contributed by atoms with Gasteiger partial charge in [-0.05, 0) is 49.7 Å². The second-order valence-electron chi connectivity index (χ2n) is 6.80. The standard InChI is InChI=1S/C20H19F2N3O2.2ClH/c1-11-2-5-18-16(24-11)9-19(27-18)20(26)25-17-10-23-7-6-13(17)12-3-4-14(21)15(22)8-12;;/h2-5,8-9,13,17,23H,6-7,10H2,1H3,(H,25,26);2*1H. The fraction of sp³-hybridized carbons (Fsp3) is 0.300. The first-order valence-corrected chi connectivity index (χ1v) is 8.85. The highest BCUT2D eigenvalue weighted by Crippen LogP contribution is 2.27. The fourth-order valence-electron chi connectivity index (χ4n) is 3.53. The number of nitrogens with one attached hydrogen (secondary N) is 2. The maximum absolute atomic E-state index is 13.6. The number of amides is 1. The molecule has 1 amide bonds. The van der Waals surface area contributed by atoms with Gasteiger partial charge in [-0.25, -0.2) is 13.8 Å². The fourth-order valence-corrected chi connectivity index (χ4v) is 3.53. The zero-order chi connectivity index (χ0) is 19.0. The van der Waals surface area contributed by atoms with Gasteiger partial charge in [0.25, 0.3) is 5.91 Å². The Balaban J connectivity index is 0.00000150. The molecule has 1 saturated heterocycles. The number of hydrogen-bond donors (Lipinski definition) is 2. The topological polar surface area (TPSA) is 67.2 Å². The minimum Gasteiger partial charge on any atom is -0.449 e. The lowest BCUT2D eigenvalue weighted by atomic mass is 9.86. The highest BCUT2D eigenvalue weighted by Gasteiger charge is 2.29. The molecule has 29 heavy (non-hydrogen) atoms.